The number of carbonyl (C=O) groups excluding carboxylic acids is 1. The number of nitrogens with zero attached hydrogens (tertiary/aromatic N) is 5. The molecule has 4 rings (SSSR count). The lowest BCUT2D eigenvalue weighted by Crippen LogP contribution is -2.16. The van der Waals surface area contributed by atoms with Crippen molar-refractivity contribution in [2.45, 2.75) is 20.5 Å². The third kappa shape index (κ3) is 6.33. The molecule has 0 aliphatic heterocycles. The van der Waals surface area contributed by atoms with E-state index in [-0.39, 0.29) is 5.91 Å². The third-order valence-electron chi connectivity index (χ3n) is 4.37. The van der Waals surface area contributed by atoms with Gasteiger partial charge in [-0.1, -0.05) is 55.5 Å². The van der Waals surface area contributed by atoms with Crippen molar-refractivity contribution in [1.82, 2.24) is 20.2 Å². The fourth-order valence-electron chi connectivity index (χ4n) is 2.78. The highest BCUT2D eigenvalue weighted by molar-refractivity contribution is 7.18. The van der Waals surface area contributed by atoms with Crippen LogP contribution in [0.1, 0.15) is 29.8 Å². The summed E-state index contributed by atoms with van der Waals surface area (Å²) >= 11 is 1.29. The number of hydrogen-bond donors (Lipinski definition) is 1. The number of ether oxygens (including phenoxy) is 1. The molecule has 33 heavy (non-hydrogen) atoms. The molecule has 170 valence electrons. The van der Waals surface area contributed by atoms with Crippen LogP contribution >= 0.6 is 11.3 Å². The molecule has 0 spiro atoms. The normalized spacial score (nSPS) is 10.1. The first kappa shape index (κ1) is 23.8. The molecule has 9 heteroatoms. The molecule has 1 aromatic carbocycles. The van der Waals surface area contributed by atoms with Gasteiger partial charge in [-0.2, -0.15) is 0 Å². The topological polar surface area (TPSA) is 93.1 Å². The average Bonchev–Trinajstić information content (AvgIpc) is 3.33. The minimum Gasteiger partial charge on any atom is -0.471 e. The number of nitrogens with one attached hydrogen (secondary N) is 1. The van der Waals surface area contributed by atoms with Crippen molar-refractivity contribution in [2.24, 2.45) is 0 Å². The van der Waals surface area contributed by atoms with Crippen molar-refractivity contribution < 1.29 is 9.53 Å². The summed E-state index contributed by atoms with van der Waals surface area (Å²) in [6, 6.07) is 15.3. The lowest BCUT2D eigenvalue weighted by atomic mass is 10.2. The van der Waals surface area contributed by atoms with Gasteiger partial charge in [0.05, 0.1) is 5.56 Å². The Kier molecular flexibility index (Phi) is 8.43. The van der Waals surface area contributed by atoms with E-state index in [0.717, 1.165) is 11.1 Å². The van der Waals surface area contributed by atoms with Crippen LogP contribution in [0, 0.1) is 0 Å². The summed E-state index contributed by atoms with van der Waals surface area (Å²) in [7, 11) is 3.75. The number of anilines is 2. The fraction of sp³-hybridized carbons (Fsp3) is 0.208. The number of rotatable bonds is 7. The van der Waals surface area contributed by atoms with Crippen molar-refractivity contribution in [2.75, 3.05) is 24.3 Å². The second-order valence-corrected chi connectivity index (χ2v) is 7.80. The maximum Gasteiger partial charge on any atom is 0.259 e. The second-order valence-electron chi connectivity index (χ2n) is 6.82. The molecule has 0 bridgehead atoms. The maximum atomic E-state index is 12.7. The molecule has 8 nitrogen and oxygen atoms in total. The molecule has 1 N–H and O–H groups in total. The van der Waals surface area contributed by atoms with Crippen molar-refractivity contribution in [3.05, 3.63) is 78.2 Å². The molecule has 0 radical (unpaired) electrons. The van der Waals surface area contributed by atoms with Crippen LogP contribution in [0.2, 0.25) is 0 Å². The molecular weight excluding hydrogens is 436 g/mol. The summed E-state index contributed by atoms with van der Waals surface area (Å²) in [5.74, 6) is 0.143. The van der Waals surface area contributed by atoms with Gasteiger partial charge in [-0.25, -0.2) is 4.98 Å². The Morgan fingerprint density at radius 3 is 2.48 bits per heavy atom. The van der Waals surface area contributed by atoms with Gasteiger partial charge < -0.3 is 9.64 Å². The molecule has 0 saturated heterocycles. The smallest absolute Gasteiger partial charge is 0.259 e. The van der Waals surface area contributed by atoms with E-state index in [9.17, 15) is 4.79 Å². The van der Waals surface area contributed by atoms with Crippen molar-refractivity contribution >= 4 is 28.1 Å². The Balaban J connectivity index is 0.00000149. The molecule has 0 atom stereocenters. The zero-order valence-electron chi connectivity index (χ0n) is 19.0. The highest BCUT2D eigenvalue weighted by Gasteiger charge is 2.16. The van der Waals surface area contributed by atoms with E-state index in [0.29, 0.717) is 33.9 Å². The van der Waals surface area contributed by atoms with Crippen LogP contribution < -0.4 is 15.0 Å². The van der Waals surface area contributed by atoms with Gasteiger partial charge in [-0.3, -0.25) is 15.1 Å². The summed E-state index contributed by atoms with van der Waals surface area (Å²) in [5.41, 5.74) is 3.04. The van der Waals surface area contributed by atoms with Gasteiger partial charge in [-0.15, -0.1) is 10.2 Å². The van der Waals surface area contributed by atoms with Gasteiger partial charge in [0.1, 0.15) is 17.3 Å². The van der Waals surface area contributed by atoms with Gasteiger partial charge in [0, 0.05) is 38.2 Å². The van der Waals surface area contributed by atoms with Crippen LogP contribution in [-0.2, 0) is 6.61 Å². The SMILES string of the molecule is CC.CN(C)c1cc(C(=O)Nc2nnc(-c3ccncc3)s2)cnc1OCc1ccccc1. The highest BCUT2D eigenvalue weighted by Crippen LogP contribution is 2.28. The van der Waals surface area contributed by atoms with Crippen molar-refractivity contribution in [3.8, 4) is 16.5 Å². The Morgan fingerprint density at radius 2 is 1.79 bits per heavy atom. The van der Waals surface area contributed by atoms with Crippen LogP contribution in [0.4, 0.5) is 10.8 Å². The van der Waals surface area contributed by atoms with E-state index in [1.165, 1.54) is 17.5 Å². The lowest BCUT2D eigenvalue weighted by Gasteiger charge is -2.17. The highest BCUT2D eigenvalue weighted by atomic mass is 32.1. The fourth-order valence-corrected chi connectivity index (χ4v) is 3.52. The Hall–Kier alpha value is -3.85. The van der Waals surface area contributed by atoms with Gasteiger partial charge in [0.15, 0.2) is 0 Å². The summed E-state index contributed by atoms with van der Waals surface area (Å²) in [5, 5.41) is 12.1. The van der Waals surface area contributed by atoms with Crippen LogP contribution in [-0.4, -0.2) is 40.2 Å². The average molecular weight is 463 g/mol. The zero-order chi connectivity index (χ0) is 23.6. The van der Waals surface area contributed by atoms with Crippen molar-refractivity contribution in [3.63, 3.8) is 0 Å². The van der Waals surface area contributed by atoms with Gasteiger partial charge in [0.25, 0.3) is 5.91 Å². The molecule has 1 amide bonds. The zero-order valence-corrected chi connectivity index (χ0v) is 19.8. The first-order valence-electron chi connectivity index (χ1n) is 10.5. The number of benzene rings is 1. The van der Waals surface area contributed by atoms with E-state index in [1.54, 1.807) is 18.5 Å². The Bertz CT molecular complexity index is 1170. The van der Waals surface area contributed by atoms with E-state index >= 15 is 0 Å². The number of pyridine rings is 2. The van der Waals surface area contributed by atoms with Crippen LogP contribution in [0.25, 0.3) is 10.6 Å². The van der Waals surface area contributed by atoms with Crippen LogP contribution in [0.5, 0.6) is 5.88 Å². The first-order chi connectivity index (χ1) is 16.1. The van der Waals surface area contributed by atoms with E-state index in [4.69, 9.17) is 4.74 Å². The van der Waals surface area contributed by atoms with E-state index in [2.05, 4.69) is 25.5 Å². The van der Waals surface area contributed by atoms with E-state index in [1.807, 2.05) is 75.3 Å². The number of carbonyl (C=O) groups is 1. The molecular formula is C24H26N6O2S. The Labute approximate surface area is 197 Å². The van der Waals surface area contributed by atoms with Gasteiger partial charge in [0.2, 0.25) is 11.0 Å². The van der Waals surface area contributed by atoms with Gasteiger partial charge >= 0.3 is 0 Å². The molecule has 3 aromatic heterocycles. The molecule has 3 heterocycles. The monoisotopic (exact) mass is 462 g/mol. The molecule has 0 fully saturated rings. The molecule has 0 unspecified atom stereocenters. The summed E-state index contributed by atoms with van der Waals surface area (Å²) in [4.78, 5) is 23.0. The predicted molar refractivity (Wildman–Crippen MR) is 132 cm³/mol. The van der Waals surface area contributed by atoms with Gasteiger partial charge in [-0.05, 0) is 23.8 Å². The predicted octanol–water partition coefficient (Wildman–Crippen LogP) is 4.92. The maximum absolute atomic E-state index is 12.7. The minimum absolute atomic E-state index is 0.317. The molecule has 0 saturated carbocycles. The summed E-state index contributed by atoms with van der Waals surface area (Å²) in [6.07, 6.45) is 4.86. The Morgan fingerprint density at radius 1 is 1.06 bits per heavy atom. The minimum atomic E-state index is -0.317. The van der Waals surface area contributed by atoms with Crippen molar-refractivity contribution in [1.29, 1.82) is 0 Å². The standard InChI is InChI=1S/C22H20N6O2S.C2H6/c1-28(2)18-12-17(13-24-20(18)30-14-15-6-4-3-5-7-15)19(29)25-22-27-26-21(31-22)16-8-10-23-11-9-16;1-2/h3-13H,14H2,1-2H3,(H,25,27,29);1-2H3. The molecule has 4 aromatic rings. The largest absolute Gasteiger partial charge is 0.471 e. The second kappa shape index (κ2) is 11.7. The lowest BCUT2D eigenvalue weighted by molar-refractivity contribution is 0.102. The number of hydrogen-bond acceptors (Lipinski definition) is 8. The molecule has 0 aliphatic rings. The van der Waals surface area contributed by atoms with E-state index < -0.39 is 0 Å². The summed E-state index contributed by atoms with van der Waals surface area (Å²) < 4.78 is 5.88. The molecule has 0 aliphatic carbocycles. The van der Waals surface area contributed by atoms with Crippen LogP contribution in [0.15, 0.2) is 67.1 Å². The summed E-state index contributed by atoms with van der Waals surface area (Å²) in [6.45, 7) is 4.39. The quantitative estimate of drug-likeness (QED) is 0.417. The first-order valence-corrected chi connectivity index (χ1v) is 11.3. The number of aromatic nitrogens is 4. The number of amides is 1. The van der Waals surface area contributed by atoms with Crippen LogP contribution in [0.3, 0.4) is 0 Å². The third-order valence-corrected chi connectivity index (χ3v) is 5.26.